The highest BCUT2D eigenvalue weighted by molar-refractivity contribution is 6.33. The van der Waals surface area contributed by atoms with Gasteiger partial charge in [0.15, 0.2) is 11.5 Å². The van der Waals surface area contributed by atoms with E-state index in [0.29, 0.717) is 0 Å². The van der Waals surface area contributed by atoms with Gasteiger partial charge in [0.2, 0.25) is 5.75 Å². The van der Waals surface area contributed by atoms with E-state index in [0.717, 1.165) is 0 Å². The van der Waals surface area contributed by atoms with Crippen molar-refractivity contribution in [3.8, 4) is 23.0 Å². The normalized spacial score (nSPS) is 9.77. The number of ether oxygens (including phenoxy) is 2. The molecule has 0 aliphatic heterocycles. The van der Waals surface area contributed by atoms with Gasteiger partial charge in [0, 0.05) is 6.07 Å². The zero-order chi connectivity index (χ0) is 10.0. The van der Waals surface area contributed by atoms with Crippen LogP contribution in [0.4, 0.5) is 0 Å². The number of aromatic hydroxyl groups is 2. The summed E-state index contributed by atoms with van der Waals surface area (Å²) in [5.74, 6) is -0.321. The van der Waals surface area contributed by atoms with Gasteiger partial charge in [-0.15, -0.1) is 0 Å². The molecule has 72 valence electrons. The lowest BCUT2D eigenvalue weighted by atomic mass is 10.2. The molecule has 0 unspecified atom stereocenters. The fraction of sp³-hybridized carbons (Fsp3) is 0.250. The molecule has 0 radical (unpaired) electrons. The molecule has 0 heterocycles. The molecule has 0 amide bonds. The maximum Gasteiger partial charge on any atom is 0.202 e. The third-order valence-corrected chi connectivity index (χ3v) is 1.93. The van der Waals surface area contributed by atoms with E-state index in [9.17, 15) is 10.2 Å². The number of hydrogen-bond donors (Lipinski definition) is 2. The quantitative estimate of drug-likeness (QED) is 0.721. The Kier molecular flexibility index (Phi) is 2.72. The van der Waals surface area contributed by atoms with Gasteiger partial charge in [0.1, 0.15) is 10.8 Å². The molecule has 13 heavy (non-hydrogen) atoms. The van der Waals surface area contributed by atoms with E-state index >= 15 is 0 Å². The number of hydrogen-bond acceptors (Lipinski definition) is 4. The molecule has 0 aromatic heterocycles. The molecule has 4 nitrogen and oxygen atoms in total. The summed E-state index contributed by atoms with van der Waals surface area (Å²) in [6, 6.07) is 1.21. The Morgan fingerprint density at radius 2 is 1.85 bits per heavy atom. The fourth-order valence-corrected chi connectivity index (χ4v) is 1.15. The van der Waals surface area contributed by atoms with Gasteiger partial charge in [-0.3, -0.25) is 0 Å². The van der Waals surface area contributed by atoms with Crippen LogP contribution in [0, 0.1) is 0 Å². The summed E-state index contributed by atoms with van der Waals surface area (Å²) in [7, 11) is 2.70. The molecular formula is C8H9ClO4. The Hall–Kier alpha value is -1.29. The summed E-state index contributed by atoms with van der Waals surface area (Å²) in [5.41, 5.74) is 0. The predicted octanol–water partition coefficient (Wildman–Crippen LogP) is 1.77. The number of rotatable bonds is 2. The maximum atomic E-state index is 9.45. The van der Waals surface area contributed by atoms with Gasteiger partial charge >= 0.3 is 0 Å². The Bertz CT molecular complexity index is 324. The molecule has 0 fully saturated rings. The summed E-state index contributed by atoms with van der Waals surface area (Å²) < 4.78 is 9.55. The van der Waals surface area contributed by atoms with Crippen LogP contribution in [-0.4, -0.2) is 24.4 Å². The molecule has 1 rings (SSSR count). The summed E-state index contributed by atoms with van der Waals surface area (Å²) >= 11 is 5.64. The summed E-state index contributed by atoms with van der Waals surface area (Å²) in [4.78, 5) is 0. The second-order valence-electron chi connectivity index (χ2n) is 2.29. The lowest BCUT2D eigenvalue weighted by Crippen LogP contribution is -1.89. The van der Waals surface area contributed by atoms with Crippen LogP contribution in [0.3, 0.4) is 0 Å². The van der Waals surface area contributed by atoms with E-state index in [1.165, 1.54) is 20.3 Å². The van der Waals surface area contributed by atoms with Gasteiger partial charge in [-0.25, -0.2) is 0 Å². The molecule has 0 spiro atoms. The van der Waals surface area contributed by atoms with Crippen molar-refractivity contribution < 1.29 is 19.7 Å². The third kappa shape index (κ3) is 1.58. The van der Waals surface area contributed by atoms with Crippen molar-refractivity contribution in [2.75, 3.05) is 14.2 Å². The van der Waals surface area contributed by atoms with Crippen LogP contribution in [0.25, 0.3) is 0 Å². The van der Waals surface area contributed by atoms with Crippen molar-refractivity contribution in [3.05, 3.63) is 11.1 Å². The first-order valence-corrected chi connectivity index (χ1v) is 3.82. The summed E-state index contributed by atoms with van der Waals surface area (Å²) in [6.07, 6.45) is 0. The van der Waals surface area contributed by atoms with Crippen molar-refractivity contribution in [2.45, 2.75) is 0 Å². The number of halogens is 1. The van der Waals surface area contributed by atoms with Crippen LogP contribution < -0.4 is 9.47 Å². The molecule has 0 saturated heterocycles. The summed E-state index contributed by atoms with van der Waals surface area (Å²) in [5, 5.41) is 18.7. The first-order valence-electron chi connectivity index (χ1n) is 3.44. The monoisotopic (exact) mass is 204 g/mol. The predicted molar refractivity (Wildman–Crippen MR) is 47.9 cm³/mol. The molecule has 0 aliphatic carbocycles. The number of phenols is 2. The van der Waals surface area contributed by atoms with E-state index in [1.807, 2.05) is 0 Å². The average Bonchev–Trinajstić information content (AvgIpc) is 2.12. The fourth-order valence-electron chi connectivity index (χ4n) is 0.930. The SMILES string of the molecule is COc1cc(O)c(Cl)c(OC)c1O. The smallest absolute Gasteiger partial charge is 0.202 e. The van der Waals surface area contributed by atoms with Crippen LogP contribution in [-0.2, 0) is 0 Å². The Balaban J connectivity index is 3.39. The maximum absolute atomic E-state index is 9.45. The topological polar surface area (TPSA) is 58.9 Å². The minimum atomic E-state index is -0.229. The molecule has 0 atom stereocenters. The van der Waals surface area contributed by atoms with Gasteiger partial charge in [-0.05, 0) is 0 Å². The standard InChI is InChI=1S/C8H9ClO4/c1-12-5-3-4(10)6(9)8(13-2)7(5)11/h3,10-11H,1-2H3. The molecule has 0 bridgehead atoms. The molecular weight excluding hydrogens is 196 g/mol. The van der Waals surface area contributed by atoms with Gasteiger partial charge in [-0.1, -0.05) is 11.6 Å². The van der Waals surface area contributed by atoms with Gasteiger partial charge in [-0.2, -0.15) is 0 Å². The Labute approximate surface area is 80.3 Å². The van der Waals surface area contributed by atoms with E-state index in [1.54, 1.807) is 0 Å². The first kappa shape index (κ1) is 9.80. The van der Waals surface area contributed by atoms with Crippen LogP contribution in [0.1, 0.15) is 0 Å². The molecule has 5 heteroatoms. The Morgan fingerprint density at radius 3 is 2.31 bits per heavy atom. The summed E-state index contributed by atoms with van der Waals surface area (Å²) in [6.45, 7) is 0. The van der Waals surface area contributed by atoms with Crippen LogP contribution in [0.2, 0.25) is 5.02 Å². The second kappa shape index (κ2) is 3.62. The van der Waals surface area contributed by atoms with Crippen LogP contribution in [0.15, 0.2) is 6.07 Å². The van der Waals surface area contributed by atoms with Gasteiger partial charge < -0.3 is 19.7 Å². The van der Waals surface area contributed by atoms with Crippen LogP contribution in [0.5, 0.6) is 23.0 Å². The van der Waals surface area contributed by atoms with Gasteiger partial charge in [0.05, 0.1) is 14.2 Å². The molecule has 1 aromatic rings. The van der Waals surface area contributed by atoms with Crippen molar-refractivity contribution in [1.29, 1.82) is 0 Å². The average molecular weight is 205 g/mol. The molecule has 1 aromatic carbocycles. The largest absolute Gasteiger partial charge is 0.506 e. The minimum Gasteiger partial charge on any atom is -0.506 e. The van der Waals surface area contributed by atoms with E-state index in [4.69, 9.17) is 21.1 Å². The van der Waals surface area contributed by atoms with Crippen molar-refractivity contribution >= 4 is 11.6 Å². The van der Waals surface area contributed by atoms with Crippen molar-refractivity contribution in [2.24, 2.45) is 0 Å². The van der Waals surface area contributed by atoms with E-state index < -0.39 is 0 Å². The number of benzene rings is 1. The third-order valence-electron chi connectivity index (χ3n) is 1.56. The van der Waals surface area contributed by atoms with Crippen molar-refractivity contribution in [1.82, 2.24) is 0 Å². The Morgan fingerprint density at radius 1 is 1.23 bits per heavy atom. The van der Waals surface area contributed by atoms with Crippen molar-refractivity contribution in [3.63, 3.8) is 0 Å². The molecule has 0 aliphatic rings. The van der Waals surface area contributed by atoms with Gasteiger partial charge in [0.25, 0.3) is 0 Å². The minimum absolute atomic E-state index is 0.00137. The highest BCUT2D eigenvalue weighted by Gasteiger charge is 2.16. The molecule has 2 N–H and O–H groups in total. The zero-order valence-corrected chi connectivity index (χ0v) is 7.92. The zero-order valence-electron chi connectivity index (χ0n) is 7.17. The second-order valence-corrected chi connectivity index (χ2v) is 2.67. The van der Waals surface area contributed by atoms with E-state index in [-0.39, 0.29) is 28.0 Å². The molecule has 0 saturated carbocycles. The number of phenolic OH excluding ortho intramolecular Hbond substituents is 2. The van der Waals surface area contributed by atoms with E-state index in [2.05, 4.69) is 0 Å². The highest BCUT2D eigenvalue weighted by atomic mass is 35.5. The first-order chi connectivity index (χ1) is 6.11. The van der Waals surface area contributed by atoms with Crippen LogP contribution >= 0.6 is 11.6 Å². The lowest BCUT2D eigenvalue weighted by molar-refractivity contribution is 0.335. The lowest BCUT2D eigenvalue weighted by Gasteiger charge is -2.10. The highest BCUT2D eigenvalue weighted by Crippen LogP contribution is 2.46. The number of methoxy groups -OCH3 is 2.